The molecule has 1 unspecified atom stereocenters. The Morgan fingerprint density at radius 3 is 2.86 bits per heavy atom. The molecule has 1 aromatic rings. The smallest absolute Gasteiger partial charge is 0.268 e. The number of nitrogen functional groups attached to an aromatic ring is 1. The van der Waals surface area contributed by atoms with Crippen molar-refractivity contribution < 1.29 is 14.0 Å². The highest BCUT2D eigenvalue weighted by Crippen LogP contribution is 2.31. The first-order valence-electron chi connectivity index (χ1n) is 6.94. The normalized spacial score (nSPS) is 22.3. The predicted octanol–water partition coefficient (Wildman–Crippen LogP) is 0.150. The molecule has 0 saturated carbocycles. The molecule has 0 aromatic carbocycles. The van der Waals surface area contributed by atoms with Gasteiger partial charge >= 0.3 is 0 Å². The molecule has 2 heterocycles. The van der Waals surface area contributed by atoms with Gasteiger partial charge < -0.3 is 9.73 Å². The first-order valence-corrected chi connectivity index (χ1v) is 6.94. The number of furan rings is 1. The number of amides is 2. The van der Waals surface area contributed by atoms with E-state index in [1.807, 2.05) is 6.92 Å². The third kappa shape index (κ3) is 3.08. The fraction of sp³-hybridized carbons (Fsp3) is 0.571. The lowest BCUT2D eigenvalue weighted by Gasteiger charge is -2.22. The maximum Gasteiger partial charge on any atom is 0.268 e. The van der Waals surface area contributed by atoms with Gasteiger partial charge in [0.05, 0.1) is 17.5 Å². The zero-order chi connectivity index (χ0) is 15.6. The zero-order valence-electron chi connectivity index (χ0n) is 12.7. The molecule has 0 bridgehead atoms. The summed E-state index contributed by atoms with van der Waals surface area (Å²) in [5, 5.41) is 2.71. The van der Waals surface area contributed by atoms with Crippen LogP contribution in [0.15, 0.2) is 10.5 Å². The number of carbonyl (C=O) groups excluding carboxylic acids is 2. The Balaban J connectivity index is 2.04. The molecular formula is C14H22N4O3. The predicted molar refractivity (Wildman–Crippen MR) is 77.2 cm³/mol. The van der Waals surface area contributed by atoms with Crippen LogP contribution < -0.4 is 16.6 Å². The quantitative estimate of drug-likeness (QED) is 0.417. The van der Waals surface area contributed by atoms with Gasteiger partial charge in [-0.05, 0) is 32.9 Å². The number of hydrazine groups is 1. The summed E-state index contributed by atoms with van der Waals surface area (Å²) in [6.45, 7) is 5.76. The zero-order valence-corrected chi connectivity index (χ0v) is 12.7. The summed E-state index contributed by atoms with van der Waals surface area (Å²) in [7, 11) is 1.66. The van der Waals surface area contributed by atoms with Gasteiger partial charge in [-0.15, -0.1) is 0 Å². The lowest BCUT2D eigenvalue weighted by Crippen LogP contribution is -2.39. The largest absolute Gasteiger partial charge is 0.464 e. The Hall–Kier alpha value is -1.86. The van der Waals surface area contributed by atoms with E-state index < -0.39 is 0 Å². The first-order chi connectivity index (χ1) is 9.89. The number of nitrogens with one attached hydrogen (secondary N) is 2. The van der Waals surface area contributed by atoms with Crippen LogP contribution in [0.2, 0.25) is 0 Å². The number of rotatable bonds is 4. The maximum atomic E-state index is 11.9. The summed E-state index contributed by atoms with van der Waals surface area (Å²) in [6.07, 6.45) is 0.808. The number of aryl methyl sites for hydroxylation is 1. The lowest BCUT2D eigenvalue weighted by molar-refractivity contribution is -0.129. The van der Waals surface area contributed by atoms with Crippen molar-refractivity contribution in [1.29, 1.82) is 0 Å². The van der Waals surface area contributed by atoms with Gasteiger partial charge in [0, 0.05) is 13.6 Å². The summed E-state index contributed by atoms with van der Waals surface area (Å²) in [4.78, 5) is 25.6. The molecular weight excluding hydrogens is 272 g/mol. The van der Waals surface area contributed by atoms with Crippen molar-refractivity contribution in [2.75, 3.05) is 20.1 Å². The Morgan fingerprint density at radius 1 is 1.52 bits per heavy atom. The van der Waals surface area contributed by atoms with Crippen LogP contribution in [0, 0.1) is 12.3 Å². The Kier molecular flexibility index (Phi) is 4.34. The van der Waals surface area contributed by atoms with E-state index in [4.69, 9.17) is 10.3 Å². The molecule has 1 saturated heterocycles. The van der Waals surface area contributed by atoms with Crippen LogP contribution in [-0.2, 0) is 11.3 Å². The van der Waals surface area contributed by atoms with Crippen LogP contribution in [0.4, 0.5) is 0 Å². The van der Waals surface area contributed by atoms with Crippen LogP contribution in [0.25, 0.3) is 0 Å². The lowest BCUT2D eigenvalue weighted by atomic mass is 9.89. The SMILES string of the molecule is CNC(=O)C1(C)CCN(Cc2cc(C(=O)NN)c(C)o2)C1. The van der Waals surface area contributed by atoms with Gasteiger partial charge in [0.15, 0.2) is 0 Å². The van der Waals surface area contributed by atoms with Crippen molar-refractivity contribution in [2.24, 2.45) is 11.3 Å². The molecule has 2 rings (SSSR count). The third-order valence-corrected chi connectivity index (χ3v) is 4.05. The standard InChI is InChI=1S/C14H22N4O3/c1-9-11(12(19)17-15)6-10(21-9)7-18-5-4-14(2,8-18)13(20)16-3/h6H,4-5,7-8,15H2,1-3H3,(H,16,20)(H,17,19). The molecule has 1 aliphatic heterocycles. The highest BCUT2D eigenvalue weighted by molar-refractivity contribution is 5.94. The highest BCUT2D eigenvalue weighted by atomic mass is 16.3. The minimum atomic E-state index is -0.367. The summed E-state index contributed by atoms with van der Waals surface area (Å²) in [6, 6.07) is 1.70. The van der Waals surface area contributed by atoms with Gasteiger partial charge in [0.2, 0.25) is 5.91 Å². The van der Waals surface area contributed by atoms with Gasteiger partial charge in [-0.25, -0.2) is 5.84 Å². The van der Waals surface area contributed by atoms with Crippen LogP contribution in [0.5, 0.6) is 0 Å². The molecule has 7 nitrogen and oxygen atoms in total. The Bertz CT molecular complexity index is 554. The molecule has 0 aliphatic carbocycles. The highest BCUT2D eigenvalue weighted by Gasteiger charge is 2.39. The Labute approximate surface area is 123 Å². The number of likely N-dealkylation sites (tertiary alicyclic amines) is 1. The minimum Gasteiger partial charge on any atom is -0.464 e. The number of hydrogen-bond acceptors (Lipinski definition) is 5. The average molecular weight is 294 g/mol. The van der Waals surface area contributed by atoms with E-state index in [0.717, 1.165) is 13.0 Å². The molecule has 0 radical (unpaired) electrons. The van der Waals surface area contributed by atoms with Crippen LogP contribution >= 0.6 is 0 Å². The second-order valence-electron chi connectivity index (χ2n) is 5.76. The number of nitrogens with two attached hydrogens (primary N) is 1. The van der Waals surface area contributed by atoms with Gasteiger partial charge in [-0.3, -0.25) is 19.9 Å². The first kappa shape index (κ1) is 15.5. The fourth-order valence-corrected chi connectivity index (χ4v) is 2.82. The summed E-state index contributed by atoms with van der Waals surface area (Å²) in [5.74, 6) is 6.08. The van der Waals surface area contributed by atoms with Gasteiger partial charge in [-0.2, -0.15) is 0 Å². The molecule has 1 fully saturated rings. The molecule has 2 amide bonds. The van der Waals surface area contributed by atoms with E-state index in [1.54, 1.807) is 20.0 Å². The van der Waals surface area contributed by atoms with E-state index in [9.17, 15) is 9.59 Å². The van der Waals surface area contributed by atoms with Crippen LogP contribution in [0.1, 0.15) is 35.2 Å². The second-order valence-corrected chi connectivity index (χ2v) is 5.76. The number of nitrogens with zero attached hydrogens (tertiary/aromatic N) is 1. The molecule has 1 atom stereocenters. The summed E-state index contributed by atoms with van der Waals surface area (Å²) in [5.41, 5.74) is 2.18. The number of carbonyl (C=O) groups is 2. The van der Waals surface area contributed by atoms with Gasteiger partial charge in [0.1, 0.15) is 11.5 Å². The third-order valence-electron chi connectivity index (χ3n) is 4.05. The molecule has 7 heteroatoms. The van der Waals surface area contributed by atoms with Crippen LogP contribution in [0.3, 0.4) is 0 Å². The maximum absolute atomic E-state index is 11.9. The molecule has 0 spiro atoms. The molecule has 1 aliphatic rings. The summed E-state index contributed by atoms with van der Waals surface area (Å²) < 4.78 is 5.60. The molecule has 1 aromatic heterocycles. The van der Waals surface area contributed by atoms with Crippen molar-refractivity contribution in [3.63, 3.8) is 0 Å². The van der Waals surface area contributed by atoms with Crippen molar-refractivity contribution in [2.45, 2.75) is 26.8 Å². The van der Waals surface area contributed by atoms with Gasteiger partial charge in [0.25, 0.3) is 5.91 Å². The topological polar surface area (TPSA) is 101 Å². The van der Waals surface area contributed by atoms with E-state index >= 15 is 0 Å². The molecule has 21 heavy (non-hydrogen) atoms. The second kappa shape index (κ2) is 5.87. The minimum absolute atomic E-state index is 0.0591. The fourth-order valence-electron chi connectivity index (χ4n) is 2.82. The van der Waals surface area contributed by atoms with Crippen molar-refractivity contribution in [1.82, 2.24) is 15.6 Å². The van der Waals surface area contributed by atoms with Crippen molar-refractivity contribution >= 4 is 11.8 Å². The van der Waals surface area contributed by atoms with E-state index in [1.165, 1.54) is 0 Å². The van der Waals surface area contributed by atoms with Crippen molar-refractivity contribution in [3.8, 4) is 0 Å². The number of hydrogen-bond donors (Lipinski definition) is 3. The van der Waals surface area contributed by atoms with Crippen LogP contribution in [-0.4, -0.2) is 36.9 Å². The Morgan fingerprint density at radius 2 is 2.24 bits per heavy atom. The van der Waals surface area contributed by atoms with E-state index in [-0.39, 0.29) is 17.2 Å². The van der Waals surface area contributed by atoms with Gasteiger partial charge in [-0.1, -0.05) is 0 Å². The average Bonchev–Trinajstić information content (AvgIpc) is 3.01. The summed E-state index contributed by atoms with van der Waals surface area (Å²) >= 11 is 0. The van der Waals surface area contributed by atoms with E-state index in [0.29, 0.717) is 30.2 Å². The van der Waals surface area contributed by atoms with Crippen molar-refractivity contribution in [3.05, 3.63) is 23.2 Å². The molecule has 4 N–H and O–H groups in total. The monoisotopic (exact) mass is 294 g/mol. The van der Waals surface area contributed by atoms with E-state index in [2.05, 4.69) is 15.6 Å². The molecule has 116 valence electrons.